The van der Waals surface area contributed by atoms with Crippen LogP contribution < -0.4 is 0 Å². The molecule has 0 saturated carbocycles. The predicted octanol–water partition coefficient (Wildman–Crippen LogP) is 2.63. The van der Waals surface area contributed by atoms with Gasteiger partial charge in [-0.3, -0.25) is 5.10 Å². The van der Waals surface area contributed by atoms with Crippen molar-refractivity contribution in [3.05, 3.63) is 35.4 Å². The molecule has 1 heterocycles. The van der Waals surface area contributed by atoms with Crippen LogP contribution in [0.15, 0.2) is 12.1 Å². The summed E-state index contributed by atoms with van der Waals surface area (Å²) in [6.45, 7) is 0. The first-order valence-electron chi connectivity index (χ1n) is 4.24. The summed E-state index contributed by atoms with van der Waals surface area (Å²) >= 11 is 5.47. The molecule has 2 rings (SSSR count). The zero-order valence-corrected chi connectivity index (χ0v) is 8.52. The summed E-state index contributed by atoms with van der Waals surface area (Å²) < 4.78 is 38.5. The number of halogens is 4. The van der Waals surface area contributed by atoms with Gasteiger partial charge in [-0.2, -0.15) is 5.10 Å². The molecule has 0 bridgehead atoms. The van der Waals surface area contributed by atoms with Crippen molar-refractivity contribution >= 4 is 11.6 Å². The van der Waals surface area contributed by atoms with E-state index < -0.39 is 17.5 Å². The molecule has 0 atom stereocenters. The number of alkyl halides is 1. The van der Waals surface area contributed by atoms with Crippen molar-refractivity contribution in [2.24, 2.45) is 0 Å². The van der Waals surface area contributed by atoms with Crippen LogP contribution in [-0.4, -0.2) is 15.2 Å². The Hall–Kier alpha value is -1.56. The summed E-state index contributed by atoms with van der Waals surface area (Å²) in [7, 11) is 0. The molecular formula is C9H5ClF3N3. The van der Waals surface area contributed by atoms with Crippen LogP contribution in [-0.2, 0) is 5.88 Å². The van der Waals surface area contributed by atoms with Gasteiger partial charge in [-0.05, 0) is 12.1 Å². The maximum atomic E-state index is 12.9. The fraction of sp³-hybridized carbons (Fsp3) is 0.111. The second-order valence-corrected chi connectivity index (χ2v) is 3.26. The van der Waals surface area contributed by atoms with Gasteiger partial charge in [0.25, 0.3) is 0 Å². The molecule has 16 heavy (non-hydrogen) atoms. The molecule has 0 amide bonds. The molecule has 0 fully saturated rings. The van der Waals surface area contributed by atoms with E-state index in [1.54, 1.807) is 0 Å². The van der Waals surface area contributed by atoms with E-state index in [0.717, 1.165) is 12.1 Å². The maximum Gasteiger partial charge on any atom is 0.194 e. The highest BCUT2D eigenvalue weighted by molar-refractivity contribution is 6.16. The molecule has 3 nitrogen and oxygen atoms in total. The SMILES string of the molecule is Fc1cc(-c2n[nH]c(CCl)n2)cc(F)c1F. The molecule has 0 saturated heterocycles. The van der Waals surface area contributed by atoms with Gasteiger partial charge in [-0.1, -0.05) is 0 Å². The van der Waals surface area contributed by atoms with Gasteiger partial charge in [0.2, 0.25) is 0 Å². The Morgan fingerprint density at radius 2 is 1.81 bits per heavy atom. The summed E-state index contributed by atoms with van der Waals surface area (Å²) in [6, 6.07) is 1.64. The third-order valence-electron chi connectivity index (χ3n) is 1.90. The van der Waals surface area contributed by atoms with Gasteiger partial charge >= 0.3 is 0 Å². The van der Waals surface area contributed by atoms with E-state index in [0.29, 0.717) is 5.82 Å². The molecule has 0 radical (unpaired) electrons. The number of aromatic amines is 1. The predicted molar refractivity (Wildman–Crippen MR) is 51.2 cm³/mol. The van der Waals surface area contributed by atoms with Crippen molar-refractivity contribution in [3.63, 3.8) is 0 Å². The molecule has 0 spiro atoms. The van der Waals surface area contributed by atoms with E-state index in [1.165, 1.54) is 0 Å². The average molecular weight is 248 g/mol. The fourth-order valence-corrected chi connectivity index (χ4v) is 1.29. The smallest absolute Gasteiger partial charge is 0.194 e. The third kappa shape index (κ3) is 1.88. The van der Waals surface area contributed by atoms with E-state index in [-0.39, 0.29) is 17.3 Å². The lowest BCUT2D eigenvalue weighted by atomic mass is 10.2. The minimum Gasteiger partial charge on any atom is -0.262 e. The van der Waals surface area contributed by atoms with Gasteiger partial charge < -0.3 is 0 Å². The molecule has 0 aliphatic rings. The van der Waals surface area contributed by atoms with E-state index in [1.807, 2.05) is 0 Å². The highest BCUT2D eigenvalue weighted by Gasteiger charge is 2.14. The monoisotopic (exact) mass is 247 g/mol. The number of benzene rings is 1. The number of hydrogen-bond acceptors (Lipinski definition) is 2. The van der Waals surface area contributed by atoms with Gasteiger partial charge in [0.05, 0.1) is 5.88 Å². The molecule has 0 aliphatic carbocycles. The standard InChI is InChI=1S/C9H5ClF3N3/c10-3-7-14-9(16-15-7)4-1-5(11)8(13)6(12)2-4/h1-2H,3H2,(H,14,15,16). The minimum atomic E-state index is -1.52. The Bertz CT molecular complexity index is 503. The van der Waals surface area contributed by atoms with Crippen molar-refractivity contribution in [2.75, 3.05) is 0 Å². The van der Waals surface area contributed by atoms with E-state index in [9.17, 15) is 13.2 Å². The van der Waals surface area contributed by atoms with Gasteiger partial charge in [0.15, 0.2) is 23.3 Å². The molecular weight excluding hydrogens is 243 g/mol. The Morgan fingerprint density at radius 1 is 1.19 bits per heavy atom. The lowest BCUT2D eigenvalue weighted by Gasteiger charge is -1.98. The van der Waals surface area contributed by atoms with Crippen LogP contribution in [0.2, 0.25) is 0 Å². The van der Waals surface area contributed by atoms with Gasteiger partial charge in [0.1, 0.15) is 5.82 Å². The van der Waals surface area contributed by atoms with Gasteiger partial charge in [-0.15, -0.1) is 11.6 Å². The first-order valence-corrected chi connectivity index (χ1v) is 4.77. The van der Waals surface area contributed by atoms with Gasteiger partial charge in [-0.25, -0.2) is 18.2 Å². The Balaban J connectivity index is 2.48. The molecule has 1 aromatic carbocycles. The lowest BCUT2D eigenvalue weighted by molar-refractivity contribution is 0.447. The number of nitrogens with zero attached hydrogens (tertiary/aromatic N) is 2. The van der Waals surface area contributed by atoms with Crippen molar-refractivity contribution in [1.82, 2.24) is 15.2 Å². The van der Waals surface area contributed by atoms with Gasteiger partial charge in [0, 0.05) is 5.56 Å². The summed E-state index contributed by atoms with van der Waals surface area (Å²) in [4.78, 5) is 3.86. The lowest BCUT2D eigenvalue weighted by Crippen LogP contribution is -1.92. The number of H-pyrrole nitrogens is 1. The largest absolute Gasteiger partial charge is 0.262 e. The fourth-order valence-electron chi connectivity index (χ4n) is 1.17. The Labute approximate surface area is 93.3 Å². The Kier molecular flexibility index (Phi) is 2.82. The Morgan fingerprint density at radius 3 is 2.31 bits per heavy atom. The molecule has 84 valence electrons. The number of rotatable bonds is 2. The number of nitrogens with one attached hydrogen (secondary N) is 1. The van der Waals surface area contributed by atoms with E-state index in [4.69, 9.17) is 11.6 Å². The van der Waals surface area contributed by atoms with Crippen molar-refractivity contribution < 1.29 is 13.2 Å². The molecule has 2 aromatic rings. The molecule has 7 heteroatoms. The van der Waals surface area contributed by atoms with Crippen molar-refractivity contribution in [2.45, 2.75) is 5.88 Å². The molecule has 0 aliphatic heterocycles. The van der Waals surface area contributed by atoms with Crippen LogP contribution in [0.25, 0.3) is 11.4 Å². The molecule has 1 N–H and O–H groups in total. The number of hydrogen-bond donors (Lipinski definition) is 1. The normalized spacial score (nSPS) is 10.8. The zero-order valence-electron chi connectivity index (χ0n) is 7.77. The van der Waals surface area contributed by atoms with E-state index >= 15 is 0 Å². The van der Waals surface area contributed by atoms with E-state index in [2.05, 4.69) is 15.2 Å². The van der Waals surface area contributed by atoms with Crippen LogP contribution in [0.1, 0.15) is 5.82 Å². The summed E-state index contributed by atoms with van der Waals surface area (Å²) in [5, 5.41) is 6.17. The zero-order chi connectivity index (χ0) is 11.7. The molecule has 1 aromatic heterocycles. The topological polar surface area (TPSA) is 41.6 Å². The summed E-state index contributed by atoms with van der Waals surface area (Å²) in [5.74, 6) is -3.56. The van der Waals surface area contributed by atoms with Crippen LogP contribution in [0, 0.1) is 17.5 Å². The first-order chi connectivity index (χ1) is 7.61. The van der Waals surface area contributed by atoms with Crippen molar-refractivity contribution in [3.8, 4) is 11.4 Å². The quantitative estimate of drug-likeness (QED) is 0.655. The van der Waals surface area contributed by atoms with Crippen LogP contribution >= 0.6 is 11.6 Å². The van der Waals surface area contributed by atoms with Crippen LogP contribution in [0.4, 0.5) is 13.2 Å². The second kappa shape index (κ2) is 4.13. The average Bonchev–Trinajstić information content (AvgIpc) is 2.73. The highest BCUT2D eigenvalue weighted by Crippen LogP contribution is 2.20. The van der Waals surface area contributed by atoms with Crippen LogP contribution in [0.5, 0.6) is 0 Å². The van der Waals surface area contributed by atoms with Crippen molar-refractivity contribution in [1.29, 1.82) is 0 Å². The minimum absolute atomic E-state index is 0.0454. The summed E-state index contributed by atoms with van der Waals surface area (Å²) in [6.07, 6.45) is 0. The third-order valence-corrected chi connectivity index (χ3v) is 2.15. The highest BCUT2D eigenvalue weighted by atomic mass is 35.5. The number of aromatic nitrogens is 3. The van der Waals surface area contributed by atoms with Crippen LogP contribution in [0.3, 0.4) is 0 Å². The maximum absolute atomic E-state index is 12.9. The molecule has 0 unspecified atom stereocenters. The summed E-state index contributed by atoms with van der Waals surface area (Å²) in [5.41, 5.74) is 0.0454. The second-order valence-electron chi connectivity index (χ2n) is 2.99. The first kappa shape index (κ1) is 10.9.